The van der Waals surface area contributed by atoms with Gasteiger partial charge >= 0.3 is 0 Å². The standard InChI is InChI=1S/C16H26N2O2S/c1-19-10-11-20-16-9-5-4-8-14(16)15(18-17)12-21-13-6-2-3-7-13/h4-5,8-9,13,15,18H,2-3,6-7,10-12,17H2,1H3. The predicted molar refractivity (Wildman–Crippen MR) is 88.6 cm³/mol. The van der Waals surface area contributed by atoms with Gasteiger partial charge in [-0.3, -0.25) is 11.3 Å². The minimum Gasteiger partial charge on any atom is -0.491 e. The summed E-state index contributed by atoms with van der Waals surface area (Å²) in [6.07, 6.45) is 5.42. The number of ether oxygens (including phenoxy) is 2. The molecule has 0 heterocycles. The van der Waals surface area contributed by atoms with Crippen molar-refractivity contribution in [3.63, 3.8) is 0 Å². The van der Waals surface area contributed by atoms with Crippen molar-refractivity contribution in [3.05, 3.63) is 29.8 Å². The van der Waals surface area contributed by atoms with Crippen molar-refractivity contribution in [2.24, 2.45) is 5.84 Å². The van der Waals surface area contributed by atoms with Gasteiger partial charge in [0.1, 0.15) is 12.4 Å². The zero-order valence-corrected chi connectivity index (χ0v) is 13.5. The van der Waals surface area contributed by atoms with Crippen LogP contribution in [0.25, 0.3) is 0 Å². The largest absolute Gasteiger partial charge is 0.491 e. The van der Waals surface area contributed by atoms with Crippen molar-refractivity contribution in [2.45, 2.75) is 37.0 Å². The van der Waals surface area contributed by atoms with E-state index in [4.69, 9.17) is 15.3 Å². The van der Waals surface area contributed by atoms with Gasteiger partial charge in [-0.05, 0) is 18.9 Å². The lowest BCUT2D eigenvalue weighted by atomic mass is 10.1. The van der Waals surface area contributed by atoms with E-state index in [1.165, 1.54) is 25.7 Å². The molecule has 4 nitrogen and oxygen atoms in total. The topological polar surface area (TPSA) is 56.5 Å². The van der Waals surface area contributed by atoms with Gasteiger partial charge in [0.25, 0.3) is 0 Å². The molecule has 0 aromatic heterocycles. The SMILES string of the molecule is COCCOc1ccccc1C(CSC1CCCC1)NN. The van der Waals surface area contributed by atoms with Crippen molar-refractivity contribution in [2.75, 3.05) is 26.1 Å². The first-order valence-electron chi connectivity index (χ1n) is 7.63. The van der Waals surface area contributed by atoms with Gasteiger partial charge in [0.15, 0.2) is 0 Å². The molecular formula is C16H26N2O2S. The molecule has 0 saturated heterocycles. The van der Waals surface area contributed by atoms with E-state index < -0.39 is 0 Å². The number of nitrogens with one attached hydrogen (secondary N) is 1. The molecule has 0 aliphatic heterocycles. The third-order valence-electron chi connectivity index (χ3n) is 3.84. The Kier molecular flexibility index (Phi) is 7.36. The number of nitrogens with two attached hydrogens (primary N) is 1. The van der Waals surface area contributed by atoms with E-state index >= 15 is 0 Å². The first-order chi connectivity index (χ1) is 10.3. The molecule has 1 aromatic rings. The fourth-order valence-electron chi connectivity index (χ4n) is 2.65. The highest BCUT2D eigenvalue weighted by atomic mass is 32.2. The van der Waals surface area contributed by atoms with E-state index in [-0.39, 0.29) is 6.04 Å². The molecule has 21 heavy (non-hydrogen) atoms. The van der Waals surface area contributed by atoms with Crippen LogP contribution in [0.3, 0.4) is 0 Å². The molecule has 1 fully saturated rings. The maximum atomic E-state index is 5.80. The Morgan fingerprint density at radius 2 is 2.05 bits per heavy atom. The Bertz CT molecular complexity index is 411. The first-order valence-corrected chi connectivity index (χ1v) is 8.68. The third-order valence-corrected chi connectivity index (χ3v) is 5.31. The van der Waals surface area contributed by atoms with Crippen LogP contribution >= 0.6 is 11.8 Å². The summed E-state index contributed by atoms with van der Waals surface area (Å²) in [6, 6.07) is 8.22. The monoisotopic (exact) mass is 310 g/mol. The fourth-order valence-corrected chi connectivity index (χ4v) is 4.06. The number of hydrazine groups is 1. The molecule has 0 spiro atoms. The molecular weight excluding hydrogens is 284 g/mol. The maximum Gasteiger partial charge on any atom is 0.124 e. The van der Waals surface area contributed by atoms with Crippen LogP contribution in [0.15, 0.2) is 24.3 Å². The molecule has 5 heteroatoms. The second kappa shape index (κ2) is 9.30. The molecule has 1 atom stereocenters. The molecule has 0 amide bonds. The van der Waals surface area contributed by atoms with Crippen molar-refractivity contribution in [3.8, 4) is 5.75 Å². The number of rotatable bonds is 9. The van der Waals surface area contributed by atoms with Crippen molar-refractivity contribution >= 4 is 11.8 Å². The van der Waals surface area contributed by atoms with Crippen LogP contribution in [0.4, 0.5) is 0 Å². The molecule has 0 radical (unpaired) electrons. The van der Waals surface area contributed by atoms with E-state index in [0.717, 1.165) is 22.3 Å². The fraction of sp³-hybridized carbons (Fsp3) is 0.625. The van der Waals surface area contributed by atoms with Gasteiger partial charge in [-0.15, -0.1) is 0 Å². The Morgan fingerprint density at radius 3 is 2.76 bits per heavy atom. The summed E-state index contributed by atoms with van der Waals surface area (Å²) < 4.78 is 10.8. The van der Waals surface area contributed by atoms with Gasteiger partial charge in [0.05, 0.1) is 12.6 Å². The third kappa shape index (κ3) is 5.18. The molecule has 118 valence electrons. The average molecular weight is 310 g/mol. The van der Waals surface area contributed by atoms with E-state index in [2.05, 4.69) is 11.5 Å². The Morgan fingerprint density at radius 1 is 1.29 bits per heavy atom. The van der Waals surface area contributed by atoms with Crippen LogP contribution in [-0.4, -0.2) is 31.3 Å². The number of para-hydroxylation sites is 1. The predicted octanol–water partition coefficient (Wildman–Crippen LogP) is 2.89. The summed E-state index contributed by atoms with van der Waals surface area (Å²) in [6.45, 7) is 1.15. The lowest BCUT2D eigenvalue weighted by Crippen LogP contribution is -2.30. The smallest absolute Gasteiger partial charge is 0.124 e. The molecule has 1 aliphatic carbocycles. The van der Waals surface area contributed by atoms with Crippen LogP contribution in [0.5, 0.6) is 5.75 Å². The maximum absolute atomic E-state index is 5.80. The van der Waals surface area contributed by atoms with Gasteiger partial charge in [-0.25, -0.2) is 0 Å². The van der Waals surface area contributed by atoms with Gasteiger partial charge in [0.2, 0.25) is 0 Å². The zero-order valence-electron chi connectivity index (χ0n) is 12.7. The number of methoxy groups -OCH3 is 1. The van der Waals surface area contributed by atoms with E-state index in [1.807, 2.05) is 30.0 Å². The molecule has 0 bridgehead atoms. The number of benzene rings is 1. The lowest BCUT2D eigenvalue weighted by molar-refractivity contribution is 0.145. The lowest BCUT2D eigenvalue weighted by Gasteiger charge is -2.21. The van der Waals surface area contributed by atoms with Gasteiger partial charge in [0, 0.05) is 23.7 Å². The summed E-state index contributed by atoms with van der Waals surface area (Å²) in [5, 5.41) is 0.794. The molecule has 3 N–H and O–H groups in total. The van der Waals surface area contributed by atoms with Crippen LogP contribution in [-0.2, 0) is 4.74 Å². The summed E-state index contributed by atoms with van der Waals surface area (Å²) in [4.78, 5) is 0. The molecule has 1 unspecified atom stereocenters. The van der Waals surface area contributed by atoms with Crippen molar-refractivity contribution in [1.29, 1.82) is 0 Å². The van der Waals surface area contributed by atoms with Crippen molar-refractivity contribution in [1.82, 2.24) is 5.43 Å². The van der Waals surface area contributed by atoms with Gasteiger partial charge < -0.3 is 9.47 Å². The second-order valence-electron chi connectivity index (χ2n) is 5.34. The number of thioether (sulfide) groups is 1. The highest BCUT2D eigenvalue weighted by molar-refractivity contribution is 7.99. The highest BCUT2D eigenvalue weighted by Crippen LogP contribution is 2.33. The van der Waals surface area contributed by atoms with Crippen molar-refractivity contribution < 1.29 is 9.47 Å². The number of hydrogen-bond acceptors (Lipinski definition) is 5. The molecule has 1 saturated carbocycles. The highest BCUT2D eigenvalue weighted by Gasteiger charge is 2.20. The van der Waals surface area contributed by atoms with Gasteiger partial charge in [-0.1, -0.05) is 31.0 Å². The average Bonchev–Trinajstić information content (AvgIpc) is 3.03. The summed E-state index contributed by atoms with van der Waals surface area (Å²) in [5.74, 6) is 7.64. The summed E-state index contributed by atoms with van der Waals surface area (Å²) in [5.41, 5.74) is 4.07. The van der Waals surface area contributed by atoms with Crippen LogP contribution in [0.1, 0.15) is 37.3 Å². The van der Waals surface area contributed by atoms with E-state index in [9.17, 15) is 0 Å². The van der Waals surface area contributed by atoms with Gasteiger partial charge in [-0.2, -0.15) is 11.8 Å². The zero-order chi connectivity index (χ0) is 14.9. The Balaban J connectivity index is 1.95. The van der Waals surface area contributed by atoms with Crippen LogP contribution in [0, 0.1) is 0 Å². The summed E-state index contributed by atoms with van der Waals surface area (Å²) in [7, 11) is 1.68. The second-order valence-corrected chi connectivity index (χ2v) is 6.67. The molecule has 1 aliphatic rings. The minimum absolute atomic E-state index is 0.120. The quantitative estimate of drug-likeness (QED) is 0.417. The van der Waals surface area contributed by atoms with E-state index in [0.29, 0.717) is 13.2 Å². The number of hydrogen-bond donors (Lipinski definition) is 2. The normalized spacial score (nSPS) is 17.0. The van der Waals surface area contributed by atoms with E-state index in [1.54, 1.807) is 7.11 Å². The molecule has 1 aromatic carbocycles. The Hall–Kier alpha value is -0.750. The molecule has 2 rings (SSSR count). The minimum atomic E-state index is 0.120. The van der Waals surface area contributed by atoms with Crippen LogP contribution in [0.2, 0.25) is 0 Å². The first kappa shape index (κ1) is 16.6. The van der Waals surface area contributed by atoms with Crippen LogP contribution < -0.4 is 16.0 Å². The Labute approximate surface area is 131 Å². The summed E-state index contributed by atoms with van der Waals surface area (Å²) >= 11 is 2.03.